The van der Waals surface area contributed by atoms with Gasteiger partial charge in [0.15, 0.2) is 28.8 Å². The molecule has 0 spiro atoms. The lowest BCUT2D eigenvalue weighted by molar-refractivity contribution is 0.103. The van der Waals surface area contributed by atoms with Gasteiger partial charge in [-0.15, -0.1) is 0 Å². The molecule has 0 bridgehead atoms. The van der Waals surface area contributed by atoms with Gasteiger partial charge in [-0.05, 0) is 35.4 Å². The number of ether oxygens (including phenoxy) is 6. The molecule has 35 heavy (non-hydrogen) atoms. The molecule has 0 amide bonds. The van der Waals surface area contributed by atoms with E-state index in [1.165, 1.54) is 7.11 Å². The van der Waals surface area contributed by atoms with Crippen molar-refractivity contribution in [3.8, 4) is 34.5 Å². The summed E-state index contributed by atoms with van der Waals surface area (Å²) in [5.41, 5.74) is 3.43. The molecule has 1 atom stereocenters. The smallest absolute Gasteiger partial charge is 0.203 e. The van der Waals surface area contributed by atoms with E-state index in [1.54, 1.807) is 41.6 Å². The quantitative estimate of drug-likeness (QED) is 0.416. The van der Waals surface area contributed by atoms with Gasteiger partial charge in [0.25, 0.3) is 0 Å². The van der Waals surface area contributed by atoms with Gasteiger partial charge in [0.2, 0.25) is 11.5 Å². The molecular formula is C28H28O7. The topological polar surface area (TPSA) is 72.5 Å². The molecule has 7 heteroatoms. The Hall–Kier alpha value is -4.13. The highest BCUT2D eigenvalue weighted by Crippen LogP contribution is 2.55. The molecule has 0 aromatic heterocycles. The Balaban J connectivity index is 2.07. The molecule has 0 heterocycles. The number of ketones is 1. The van der Waals surface area contributed by atoms with E-state index in [-0.39, 0.29) is 5.78 Å². The van der Waals surface area contributed by atoms with E-state index in [4.69, 9.17) is 28.4 Å². The molecule has 1 unspecified atom stereocenters. The van der Waals surface area contributed by atoms with E-state index < -0.39 is 5.92 Å². The average Bonchev–Trinajstić information content (AvgIpc) is 3.17. The predicted molar refractivity (Wildman–Crippen MR) is 133 cm³/mol. The second-order valence-electron chi connectivity index (χ2n) is 7.84. The Bertz CT molecular complexity index is 1250. The second-order valence-corrected chi connectivity index (χ2v) is 7.84. The van der Waals surface area contributed by atoms with E-state index in [1.807, 2.05) is 48.5 Å². The van der Waals surface area contributed by atoms with Crippen LogP contribution in [0, 0.1) is 0 Å². The number of hydrogen-bond donors (Lipinski definition) is 0. The number of Topliss-reactive ketones (excluding diaryl/α,β-unsaturated/α-hetero) is 1. The fourth-order valence-corrected chi connectivity index (χ4v) is 4.59. The average molecular weight is 477 g/mol. The van der Waals surface area contributed by atoms with Crippen LogP contribution in [0.1, 0.15) is 33.0 Å². The molecular weight excluding hydrogens is 448 g/mol. The maximum atomic E-state index is 13.8. The van der Waals surface area contributed by atoms with Gasteiger partial charge in [-0.25, -0.2) is 0 Å². The fourth-order valence-electron chi connectivity index (χ4n) is 4.59. The van der Waals surface area contributed by atoms with Crippen molar-refractivity contribution >= 4 is 11.9 Å². The highest BCUT2D eigenvalue weighted by atomic mass is 16.5. The van der Waals surface area contributed by atoms with Gasteiger partial charge >= 0.3 is 0 Å². The second kappa shape index (κ2) is 10.0. The van der Waals surface area contributed by atoms with E-state index >= 15 is 0 Å². The zero-order chi connectivity index (χ0) is 25.1. The van der Waals surface area contributed by atoms with Crippen molar-refractivity contribution in [1.82, 2.24) is 0 Å². The molecule has 4 rings (SSSR count). The molecule has 0 N–H and O–H groups in total. The van der Waals surface area contributed by atoms with Crippen molar-refractivity contribution in [3.63, 3.8) is 0 Å². The Morgan fingerprint density at radius 1 is 0.657 bits per heavy atom. The van der Waals surface area contributed by atoms with Crippen LogP contribution in [0.5, 0.6) is 34.5 Å². The molecule has 0 fully saturated rings. The molecule has 0 radical (unpaired) electrons. The highest BCUT2D eigenvalue weighted by molar-refractivity contribution is 6.18. The van der Waals surface area contributed by atoms with Crippen LogP contribution in [0.3, 0.4) is 0 Å². The van der Waals surface area contributed by atoms with Crippen molar-refractivity contribution in [1.29, 1.82) is 0 Å². The first-order valence-corrected chi connectivity index (χ1v) is 11.0. The third-order valence-corrected chi connectivity index (χ3v) is 6.12. The number of hydrogen-bond acceptors (Lipinski definition) is 7. The number of allylic oxidation sites excluding steroid dienone is 1. The minimum Gasteiger partial charge on any atom is -0.493 e. The monoisotopic (exact) mass is 476 g/mol. The van der Waals surface area contributed by atoms with Crippen LogP contribution in [0.15, 0.2) is 54.1 Å². The van der Waals surface area contributed by atoms with Crippen LogP contribution >= 0.6 is 0 Å². The van der Waals surface area contributed by atoms with Gasteiger partial charge in [0, 0.05) is 22.6 Å². The first kappa shape index (κ1) is 24.0. The summed E-state index contributed by atoms with van der Waals surface area (Å²) in [6.45, 7) is 0. The largest absolute Gasteiger partial charge is 0.493 e. The van der Waals surface area contributed by atoms with Gasteiger partial charge in [0.05, 0.1) is 42.7 Å². The molecule has 3 aromatic carbocycles. The maximum Gasteiger partial charge on any atom is 0.203 e. The SMILES string of the molecule is COc1cc(C2/C(=C/c3ccccc3)C(=O)c3cc(OC)c(OC)c(OC)c32)cc(OC)c1OC. The molecule has 0 saturated heterocycles. The Morgan fingerprint density at radius 2 is 1.20 bits per heavy atom. The highest BCUT2D eigenvalue weighted by Gasteiger charge is 2.41. The number of carbonyl (C=O) groups is 1. The summed E-state index contributed by atoms with van der Waals surface area (Å²) in [7, 11) is 9.29. The zero-order valence-corrected chi connectivity index (χ0v) is 20.6. The first-order valence-electron chi connectivity index (χ1n) is 11.0. The van der Waals surface area contributed by atoms with E-state index in [2.05, 4.69) is 0 Å². The van der Waals surface area contributed by atoms with Gasteiger partial charge in [-0.2, -0.15) is 0 Å². The van der Waals surface area contributed by atoms with Crippen molar-refractivity contribution in [2.45, 2.75) is 5.92 Å². The Kier molecular flexibility index (Phi) is 6.87. The lowest BCUT2D eigenvalue weighted by atomic mass is 9.87. The summed E-state index contributed by atoms with van der Waals surface area (Å²) >= 11 is 0. The summed E-state index contributed by atoms with van der Waals surface area (Å²) in [5.74, 6) is 2.10. The van der Waals surface area contributed by atoms with Crippen LogP contribution in [0.2, 0.25) is 0 Å². The Morgan fingerprint density at radius 3 is 1.71 bits per heavy atom. The normalized spacial score (nSPS) is 15.5. The van der Waals surface area contributed by atoms with E-state index in [0.29, 0.717) is 51.2 Å². The van der Waals surface area contributed by atoms with E-state index in [9.17, 15) is 4.79 Å². The van der Waals surface area contributed by atoms with Gasteiger partial charge in [0.1, 0.15) is 0 Å². The number of benzene rings is 3. The number of carbonyl (C=O) groups excluding carboxylic acids is 1. The molecule has 7 nitrogen and oxygen atoms in total. The summed E-state index contributed by atoms with van der Waals surface area (Å²) in [5, 5.41) is 0. The lowest BCUT2D eigenvalue weighted by Crippen LogP contribution is -2.06. The maximum absolute atomic E-state index is 13.8. The van der Waals surface area contributed by atoms with Gasteiger partial charge in [-0.3, -0.25) is 4.79 Å². The summed E-state index contributed by atoms with van der Waals surface area (Å²) in [6, 6.07) is 15.1. The molecule has 3 aromatic rings. The molecule has 0 aliphatic heterocycles. The van der Waals surface area contributed by atoms with Crippen LogP contribution in [0.25, 0.3) is 6.08 Å². The van der Waals surface area contributed by atoms with E-state index in [0.717, 1.165) is 11.1 Å². The summed E-state index contributed by atoms with van der Waals surface area (Å²) in [6.07, 6.45) is 1.90. The standard InChI is InChI=1S/C28H28O7/c1-30-20-13-17(14-21(31-2)26(20)33-4)23-18(12-16-10-8-7-9-11-16)25(29)19-15-22(32-3)27(34-5)28(35-6)24(19)23/h7-15,23H,1-6H3/b18-12-. The molecule has 0 saturated carbocycles. The van der Waals surface area contributed by atoms with Crippen LogP contribution < -0.4 is 28.4 Å². The van der Waals surface area contributed by atoms with Crippen LogP contribution in [0.4, 0.5) is 0 Å². The minimum atomic E-state index is -0.485. The molecule has 1 aliphatic rings. The fraction of sp³-hybridized carbons (Fsp3) is 0.250. The van der Waals surface area contributed by atoms with Crippen molar-refractivity contribution in [2.75, 3.05) is 42.7 Å². The summed E-state index contributed by atoms with van der Waals surface area (Å²) in [4.78, 5) is 13.8. The third kappa shape index (κ3) is 4.03. The predicted octanol–water partition coefficient (Wildman–Crippen LogP) is 5.15. The zero-order valence-electron chi connectivity index (χ0n) is 20.6. The van der Waals surface area contributed by atoms with Crippen molar-refractivity contribution < 1.29 is 33.2 Å². The number of rotatable bonds is 8. The Labute approximate surface area is 204 Å². The van der Waals surface area contributed by atoms with Crippen LogP contribution in [-0.2, 0) is 0 Å². The van der Waals surface area contributed by atoms with Gasteiger partial charge in [-0.1, -0.05) is 30.3 Å². The lowest BCUT2D eigenvalue weighted by Gasteiger charge is -2.21. The number of methoxy groups -OCH3 is 6. The van der Waals surface area contributed by atoms with Crippen molar-refractivity contribution in [3.05, 3.63) is 76.4 Å². The van der Waals surface area contributed by atoms with Crippen molar-refractivity contribution in [2.24, 2.45) is 0 Å². The van der Waals surface area contributed by atoms with Crippen LogP contribution in [-0.4, -0.2) is 48.4 Å². The molecule has 1 aliphatic carbocycles. The number of fused-ring (bicyclic) bond motifs is 1. The first-order chi connectivity index (χ1) is 17.0. The van der Waals surface area contributed by atoms with Gasteiger partial charge < -0.3 is 28.4 Å². The minimum absolute atomic E-state index is 0.123. The third-order valence-electron chi connectivity index (χ3n) is 6.12. The molecule has 182 valence electrons. The summed E-state index contributed by atoms with van der Waals surface area (Å²) < 4.78 is 33.7.